The van der Waals surface area contributed by atoms with Crippen LogP contribution in [0.4, 0.5) is 0 Å². The Hall–Kier alpha value is -0.113. The van der Waals surface area contributed by atoms with Crippen LogP contribution >= 0.6 is 0 Å². The molecule has 0 rings (SSSR count). The standard InChI is InChI=1S/C9H20OSi/c1-9(2,3)8(10)7-11(4,5)6/h7H2,1-6H3. The van der Waals surface area contributed by atoms with Gasteiger partial charge in [-0.25, -0.2) is 0 Å². The van der Waals surface area contributed by atoms with Crippen LogP contribution in [-0.2, 0) is 4.79 Å². The van der Waals surface area contributed by atoms with E-state index in [1.165, 1.54) is 0 Å². The monoisotopic (exact) mass is 172 g/mol. The zero-order valence-electron chi connectivity index (χ0n) is 8.62. The first-order valence-corrected chi connectivity index (χ1v) is 7.87. The summed E-state index contributed by atoms with van der Waals surface area (Å²) in [5.41, 5.74) is -0.139. The fourth-order valence-electron chi connectivity index (χ4n) is 0.747. The molecule has 0 fully saturated rings. The van der Waals surface area contributed by atoms with Gasteiger partial charge in [0.05, 0.1) is 8.07 Å². The molecule has 0 aliphatic rings. The van der Waals surface area contributed by atoms with Crippen LogP contribution in [0.15, 0.2) is 0 Å². The van der Waals surface area contributed by atoms with Gasteiger partial charge in [0.25, 0.3) is 0 Å². The number of rotatable bonds is 2. The molecule has 0 unspecified atom stereocenters. The molecule has 0 saturated heterocycles. The van der Waals surface area contributed by atoms with Crippen molar-refractivity contribution in [2.75, 3.05) is 0 Å². The van der Waals surface area contributed by atoms with E-state index in [-0.39, 0.29) is 5.41 Å². The van der Waals surface area contributed by atoms with E-state index >= 15 is 0 Å². The Bertz CT molecular complexity index is 148. The van der Waals surface area contributed by atoms with Crippen molar-refractivity contribution in [3.05, 3.63) is 0 Å². The number of hydrogen-bond donors (Lipinski definition) is 0. The maximum absolute atomic E-state index is 11.5. The SMILES string of the molecule is CC(C)(C)C(=O)C[Si](C)(C)C. The zero-order valence-corrected chi connectivity index (χ0v) is 9.62. The van der Waals surface area contributed by atoms with Gasteiger partial charge in [-0.3, -0.25) is 4.79 Å². The van der Waals surface area contributed by atoms with Gasteiger partial charge in [-0.15, -0.1) is 0 Å². The molecule has 11 heavy (non-hydrogen) atoms. The minimum Gasteiger partial charge on any atom is -0.299 e. The third-order valence-electron chi connectivity index (χ3n) is 1.53. The van der Waals surface area contributed by atoms with Crippen molar-refractivity contribution < 1.29 is 4.79 Å². The fourth-order valence-corrected chi connectivity index (χ4v) is 2.24. The number of ketones is 1. The van der Waals surface area contributed by atoms with Gasteiger partial charge in [0.1, 0.15) is 5.78 Å². The van der Waals surface area contributed by atoms with Gasteiger partial charge in [-0.2, -0.15) is 0 Å². The van der Waals surface area contributed by atoms with Crippen LogP contribution < -0.4 is 0 Å². The Morgan fingerprint density at radius 1 is 1.18 bits per heavy atom. The molecule has 0 heterocycles. The van der Waals surface area contributed by atoms with Crippen molar-refractivity contribution in [2.24, 2.45) is 5.41 Å². The van der Waals surface area contributed by atoms with E-state index in [1.54, 1.807) is 0 Å². The zero-order chi connectivity index (χ0) is 9.28. The van der Waals surface area contributed by atoms with Crippen LogP contribution in [0.25, 0.3) is 0 Å². The molecule has 0 amide bonds. The topological polar surface area (TPSA) is 17.1 Å². The van der Waals surface area contributed by atoms with Crippen LogP contribution in [0, 0.1) is 5.41 Å². The predicted octanol–water partition coefficient (Wildman–Crippen LogP) is 2.94. The van der Waals surface area contributed by atoms with E-state index in [2.05, 4.69) is 19.6 Å². The Kier molecular flexibility index (Phi) is 3.06. The second-order valence-corrected chi connectivity index (χ2v) is 10.9. The molecule has 0 N–H and O–H groups in total. The second-order valence-electron chi connectivity index (χ2n) is 5.41. The van der Waals surface area contributed by atoms with Gasteiger partial charge >= 0.3 is 0 Å². The van der Waals surface area contributed by atoms with Gasteiger partial charge in [0.15, 0.2) is 0 Å². The molecule has 0 aromatic heterocycles. The van der Waals surface area contributed by atoms with Gasteiger partial charge in [0.2, 0.25) is 0 Å². The smallest absolute Gasteiger partial charge is 0.135 e. The Morgan fingerprint density at radius 2 is 1.55 bits per heavy atom. The summed E-state index contributed by atoms with van der Waals surface area (Å²) in [5.74, 6) is 0.414. The Balaban J connectivity index is 4.11. The predicted molar refractivity (Wildman–Crippen MR) is 52.6 cm³/mol. The third kappa shape index (κ3) is 5.19. The highest BCUT2D eigenvalue weighted by Crippen LogP contribution is 2.21. The molecule has 0 radical (unpaired) electrons. The second kappa shape index (κ2) is 3.09. The van der Waals surface area contributed by atoms with E-state index in [0.29, 0.717) is 5.78 Å². The molecule has 66 valence electrons. The van der Waals surface area contributed by atoms with Gasteiger partial charge in [-0.1, -0.05) is 40.4 Å². The molecule has 0 aliphatic heterocycles. The summed E-state index contributed by atoms with van der Waals surface area (Å²) < 4.78 is 0. The lowest BCUT2D eigenvalue weighted by Crippen LogP contribution is -2.30. The highest BCUT2D eigenvalue weighted by atomic mass is 28.3. The Labute approximate surface area is 71.2 Å². The van der Waals surface area contributed by atoms with Crippen molar-refractivity contribution in [1.82, 2.24) is 0 Å². The lowest BCUT2D eigenvalue weighted by molar-refractivity contribution is -0.124. The number of Topliss-reactive ketones (excluding diaryl/α,β-unsaturated/α-hetero) is 1. The van der Waals surface area contributed by atoms with E-state index in [1.807, 2.05) is 20.8 Å². The first kappa shape index (κ1) is 10.9. The Morgan fingerprint density at radius 3 is 1.64 bits per heavy atom. The molecule has 0 bridgehead atoms. The first-order chi connectivity index (χ1) is 4.63. The normalized spacial score (nSPS) is 13.3. The summed E-state index contributed by atoms with van der Waals surface area (Å²) in [6.07, 6.45) is 0. The minimum absolute atomic E-state index is 0.139. The van der Waals surface area contributed by atoms with E-state index in [0.717, 1.165) is 6.04 Å². The summed E-state index contributed by atoms with van der Waals surface area (Å²) in [4.78, 5) is 11.5. The van der Waals surface area contributed by atoms with Gasteiger partial charge in [-0.05, 0) is 0 Å². The van der Waals surface area contributed by atoms with E-state index in [4.69, 9.17) is 0 Å². The van der Waals surface area contributed by atoms with E-state index in [9.17, 15) is 4.79 Å². The molecule has 1 nitrogen and oxygen atoms in total. The summed E-state index contributed by atoms with van der Waals surface area (Å²) in [6, 6.07) is 0.816. The highest BCUT2D eigenvalue weighted by Gasteiger charge is 2.26. The van der Waals surface area contributed by atoms with Gasteiger partial charge < -0.3 is 0 Å². The molecule has 0 aromatic rings. The van der Waals surface area contributed by atoms with Crippen molar-refractivity contribution in [3.8, 4) is 0 Å². The number of carbonyl (C=O) groups is 1. The lowest BCUT2D eigenvalue weighted by atomic mass is 9.92. The molecular formula is C9H20OSi. The summed E-state index contributed by atoms with van der Waals surface area (Å²) in [5, 5.41) is 0. The van der Waals surface area contributed by atoms with Crippen molar-refractivity contribution in [2.45, 2.75) is 46.5 Å². The number of carbonyl (C=O) groups excluding carboxylic acids is 1. The summed E-state index contributed by atoms with van der Waals surface area (Å²) >= 11 is 0. The molecule has 0 spiro atoms. The highest BCUT2D eigenvalue weighted by molar-refractivity contribution is 6.78. The molecule has 2 heteroatoms. The molecule has 0 aromatic carbocycles. The third-order valence-corrected chi connectivity index (χ3v) is 2.91. The summed E-state index contributed by atoms with van der Waals surface area (Å²) in [7, 11) is -1.18. The van der Waals surface area contributed by atoms with Crippen molar-refractivity contribution >= 4 is 13.9 Å². The molecule has 0 atom stereocenters. The average molecular weight is 172 g/mol. The number of hydrogen-bond acceptors (Lipinski definition) is 1. The quantitative estimate of drug-likeness (QED) is 0.585. The van der Waals surface area contributed by atoms with E-state index < -0.39 is 8.07 Å². The van der Waals surface area contributed by atoms with Crippen LogP contribution in [0.3, 0.4) is 0 Å². The van der Waals surface area contributed by atoms with Crippen molar-refractivity contribution in [1.29, 1.82) is 0 Å². The maximum Gasteiger partial charge on any atom is 0.135 e. The van der Waals surface area contributed by atoms with Crippen LogP contribution in [-0.4, -0.2) is 13.9 Å². The van der Waals surface area contributed by atoms with Gasteiger partial charge in [0, 0.05) is 11.5 Å². The average Bonchev–Trinajstić information content (AvgIpc) is 1.56. The summed E-state index contributed by atoms with van der Waals surface area (Å²) in [6.45, 7) is 12.7. The molecular weight excluding hydrogens is 152 g/mol. The fraction of sp³-hybridized carbons (Fsp3) is 0.889. The largest absolute Gasteiger partial charge is 0.299 e. The molecule has 0 saturated carbocycles. The minimum atomic E-state index is -1.18. The molecule has 0 aliphatic carbocycles. The first-order valence-electron chi connectivity index (χ1n) is 4.16. The van der Waals surface area contributed by atoms with Crippen LogP contribution in [0.5, 0.6) is 0 Å². The van der Waals surface area contributed by atoms with Crippen LogP contribution in [0.2, 0.25) is 25.7 Å². The van der Waals surface area contributed by atoms with Crippen LogP contribution in [0.1, 0.15) is 20.8 Å². The lowest BCUT2D eigenvalue weighted by Gasteiger charge is -2.22. The maximum atomic E-state index is 11.5. The van der Waals surface area contributed by atoms with Crippen molar-refractivity contribution in [3.63, 3.8) is 0 Å².